The molecule has 2 fully saturated rings. The molecule has 0 heterocycles. The van der Waals surface area contributed by atoms with E-state index in [1.165, 1.54) is 19.3 Å². The topological polar surface area (TPSA) is 78.4 Å². The molecule has 96 valence electrons. The molecule has 0 bridgehead atoms. The van der Waals surface area contributed by atoms with E-state index in [1.807, 2.05) is 0 Å². The Bertz CT molecular complexity index is 307. The van der Waals surface area contributed by atoms with E-state index in [0.29, 0.717) is 12.8 Å². The number of aliphatic carboxylic acids is 1. The number of amides is 2. The van der Waals surface area contributed by atoms with Gasteiger partial charge in [0, 0.05) is 12.6 Å². The zero-order chi connectivity index (χ0) is 12.3. The molecule has 0 aliphatic heterocycles. The first kappa shape index (κ1) is 12.2. The van der Waals surface area contributed by atoms with E-state index >= 15 is 0 Å². The van der Waals surface area contributed by atoms with Crippen LogP contribution >= 0.6 is 0 Å². The van der Waals surface area contributed by atoms with Crippen molar-refractivity contribution in [2.24, 2.45) is 5.41 Å². The lowest BCUT2D eigenvalue weighted by molar-refractivity contribution is -0.143. The van der Waals surface area contributed by atoms with E-state index in [4.69, 9.17) is 5.11 Å². The molecule has 0 radical (unpaired) electrons. The first-order chi connectivity index (χ1) is 8.12. The quantitative estimate of drug-likeness (QED) is 0.696. The maximum absolute atomic E-state index is 11.6. The average molecular weight is 240 g/mol. The molecule has 2 aliphatic rings. The maximum atomic E-state index is 11.6. The van der Waals surface area contributed by atoms with E-state index in [-0.39, 0.29) is 18.6 Å². The number of urea groups is 1. The number of carboxylic acids is 1. The van der Waals surface area contributed by atoms with Crippen molar-refractivity contribution in [1.82, 2.24) is 10.6 Å². The molecule has 2 aliphatic carbocycles. The standard InChI is InChI=1S/C12H20N2O3/c15-10(16)12(6-7-12)8-13-11(17)14-9-4-2-1-3-5-9/h9H,1-8H2,(H,15,16)(H2,13,14,17). The van der Waals surface area contributed by atoms with Gasteiger partial charge in [-0.3, -0.25) is 4.79 Å². The summed E-state index contributed by atoms with van der Waals surface area (Å²) in [6.07, 6.45) is 7.02. The van der Waals surface area contributed by atoms with Crippen LogP contribution in [0.15, 0.2) is 0 Å². The van der Waals surface area contributed by atoms with Gasteiger partial charge in [0.05, 0.1) is 5.41 Å². The second kappa shape index (κ2) is 4.94. The number of rotatable bonds is 4. The van der Waals surface area contributed by atoms with Crippen molar-refractivity contribution in [2.45, 2.75) is 51.0 Å². The van der Waals surface area contributed by atoms with Crippen LogP contribution in [0, 0.1) is 5.41 Å². The molecule has 0 unspecified atom stereocenters. The van der Waals surface area contributed by atoms with Gasteiger partial charge in [0.15, 0.2) is 0 Å². The van der Waals surface area contributed by atoms with E-state index in [9.17, 15) is 9.59 Å². The summed E-state index contributed by atoms with van der Waals surface area (Å²) in [6, 6.07) is 0.0492. The molecule has 0 aromatic heterocycles. The van der Waals surface area contributed by atoms with Crippen molar-refractivity contribution in [3.8, 4) is 0 Å². The number of nitrogens with one attached hydrogen (secondary N) is 2. The van der Waals surface area contributed by atoms with Crippen molar-refractivity contribution in [3.05, 3.63) is 0 Å². The second-order valence-electron chi connectivity index (χ2n) is 5.25. The predicted molar refractivity (Wildman–Crippen MR) is 62.7 cm³/mol. The molecule has 3 N–H and O–H groups in total. The summed E-state index contributed by atoms with van der Waals surface area (Å²) < 4.78 is 0. The highest BCUT2D eigenvalue weighted by Gasteiger charge is 2.50. The van der Waals surface area contributed by atoms with Crippen molar-refractivity contribution in [3.63, 3.8) is 0 Å². The summed E-state index contributed by atoms with van der Waals surface area (Å²) in [5.41, 5.74) is -0.677. The number of carbonyl (C=O) groups excluding carboxylic acids is 1. The minimum Gasteiger partial charge on any atom is -0.481 e. The van der Waals surface area contributed by atoms with Crippen LogP contribution in [0.2, 0.25) is 0 Å². The van der Waals surface area contributed by atoms with Crippen molar-refractivity contribution in [2.75, 3.05) is 6.54 Å². The molecule has 5 nitrogen and oxygen atoms in total. The number of carbonyl (C=O) groups is 2. The first-order valence-electron chi connectivity index (χ1n) is 6.40. The summed E-state index contributed by atoms with van der Waals surface area (Å²) in [6.45, 7) is 0.251. The number of hydrogen-bond acceptors (Lipinski definition) is 2. The monoisotopic (exact) mass is 240 g/mol. The highest BCUT2D eigenvalue weighted by atomic mass is 16.4. The summed E-state index contributed by atoms with van der Waals surface area (Å²) in [4.78, 5) is 22.5. The number of hydrogen-bond donors (Lipinski definition) is 3. The second-order valence-corrected chi connectivity index (χ2v) is 5.25. The fourth-order valence-electron chi connectivity index (χ4n) is 2.35. The zero-order valence-electron chi connectivity index (χ0n) is 10.00. The lowest BCUT2D eigenvalue weighted by atomic mass is 9.96. The predicted octanol–water partition coefficient (Wildman–Crippen LogP) is 1.48. The summed E-state index contributed by atoms with van der Waals surface area (Å²) in [7, 11) is 0. The van der Waals surface area contributed by atoms with Gasteiger partial charge in [-0.15, -0.1) is 0 Å². The molecular weight excluding hydrogens is 220 g/mol. The van der Waals surface area contributed by atoms with Gasteiger partial charge in [-0.05, 0) is 25.7 Å². The number of carboxylic acid groups (broad SMARTS) is 1. The Morgan fingerprint density at radius 2 is 1.82 bits per heavy atom. The third kappa shape index (κ3) is 3.11. The molecule has 2 rings (SSSR count). The molecule has 0 atom stereocenters. The molecule has 0 saturated heterocycles. The lowest BCUT2D eigenvalue weighted by Gasteiger charge is -2.23. The molecule has 0 aromatic rings. The van der Waals surface area contributed by atoms with Crippen LogP contribution in [0.5, 0.6) is 0 Å². The van der Waals surface area contributed by atoms with Gasteiger partial charge in [-0.25, -0.2) is 4.79 Å². The van der Waals surface area contributed by atoms with Gasteiger partial charge in [-0.1, -0.05) is 19.3 Å². The summed E-state index contributed by atoms with van der Waals surface area (Å²) >= 11 is 0. The van der Waals surface area contributed by atoms with Crippen molar-refractivity contribution < 1.29 is 14.7 Å². The van der Waals surface area contributed by atoms with Gasteiger partial charge in [0.25, 0.3) is 0 Å². The molecule has 2 saturated carbocycles. The van der Waals surface area contributed by atoms with E-state index in [2.05, 4.69) is 10.6 Å². The Morgan fingerprint density at radius 1 is 1.18 bits per heavy atom. The van der Waals surface area contributed by atoms with Crippen LogP contribution in [-0.4, -0.2) is 29.7 Å². The van der Waals surface area contributed by atoms with Crippen LogP contribution in [0.4, 0.5) is 4.79 Å². The van der Waals surface area contributed by atoms with Crippen molar-refractivity contribution >= 4 is 12.0 Å². The van der Waals surface area contributed by atoms with Crippen LogP contribution in [0.1, 0.15) is 44.9 Å². The van der Waals surface area contributed by atoms with Crippen LogP contribution < -0.4 is 10.6 Å². The van der Waals surface area contributed by atoms with E-state index in [1.54, 1.807) is 0 Å². The van der Waals surface area contributed by atoms with Gasteiger partial charge < -0.3 is 15.7 Å². The highest BCUT2D eigenvalue weighted by Crippen LogP contribution is 2.45. The fourth-order valence-corrected chi connectivity index (χ4v) is 2.35. The van der Waals surface area contributed by atoms with Gasteiger partial charge in [-0.2, -0.15) is 0 Å². The van der Waals surface area contributed by atoms with Gasteiger partial charge in [0.2, 0.25) is 0 Å². The van der Waals surface area contributed by atoms with Gasteiger partial charge >= 0.3 is 12.0 Å². The third-order valence-electron chi connectivity index (χ3n) is 3.83. The maximum Gasteiger partial charge on any atom is 0.315 e. The van der Waals surface area contributed by atoms with Crippen LogP contribution in [0.3, 0.4) is 0 Å². The molecule has 5 heteroatoms. The molecule has 2 amide bonds. The normalized spacial score (nSPS) is 22.8. The Labute approximate surface area is 101 Å². The molecular formula is C12H20N2O3. The minimum absolute atomic E-state index is 0.218. The Kier molecular flexibility index (Phi) is 3.54. The summed E-state index contributed by atoms with van der Waals surface area (Å²) in [5, 5.41) is 14.6. The largest absolute Gasteiger partial charge is 0.481 e. The van der Waals surface area contributed by atoms with E-state index in [0.717, 1.165) is 12.8 Å². The Hall–Kier alpha value is -1.26. The SMILES string of the molecule is O=C(NCC1(C(=O)O)CC1)NC1CCCCC1. The van der Waals surface area contributed by atoms with Gasteiger partial charge in [0.1, 0.15) is 0 Å². The Balaban J connectivity index is 1.69. The molecule has 17 heavy (non-hydrogen) atoms. The smallest absolute Gasteiger partial charge is 0.315 e. The van der Waals surface area contributed by atoms with Crippen LogP contribution in [0.25, 0.3) is 0 Å². The average Bonchev–Trinajstić information content (AvgIpc) is 3.09. The third-order valence-corrected chi connectivity index (χ3v) is 3.83. The van der Waals surface area contributed by atoms with E-state index < -0.39 is 11.4 Å². The lowest BCUT2D eigenvalue weighted by Crippen LogP contribution is -2.45. The van der Waals surface area contributed by atoms with Crippen LogP contribution in [-0.2, 0) is 4.79 Å². The zero-order valence-corrected chi connectivity index (χ0v) is 10.00. The Morgan fingerprint density at radius 3 is 2.35 bits per heavy atom. The summed E-state index contributed by atoms with van der Waals surface area (Å²) in [5.74, 6) is -0.796. The fraction of sp³-hybridized carbons (Fsp3) is 0.833. The van der Waals surface area contributed by atoms with Crippen molar-refractivity contribution in [1.29, 1.82) is 0 Å². The first-order valence-corrected chi connectivity index (χ1v) is 6.40. The highest BCUT2D eigenvalue weighted by molar-refractivity contribution is 5.80. The minimum atomic E-state index is -0.796. The molecule has 0 spiro atoms. The molecule has 0 aromatic carbocycles.